The first-order valence-corrected chi connectivity index (χ1v) is 10.0. The molecule has 1 saturated heterocycles. The van der Waals surface area contributed by atoms with Crippen LogP contribution in [-0.4, -0.2) is 56.9 Å². The molecule has 0 aliphatic carbocycles. The van der Waals surface area contributed by atoms with E-state index in [1.807, 2.05) is 9.80 Å². The van der Waals surface area contributed by atoms with Crippen LogP contribution in [-0.2, 0) is 13.0 Å². The second kappa shape index (κ2) is 7.81. The van der Waals surface area contributed by atoms with Gasteiger partial charge in [-0.05, 0) is 55.9 Å². The number of benzene rings is 1. The Balaban J connectivity index is 1.43. The van der Waals surface area contributed by atoms with Crippen LogP contribution in [0.5, 0.6) is 0 Å². The van der Waals surface area contributed by atoms with E-state index in [0.29, 0.717) is 43.3 Å². The second-order valence-corrected chi connectivity index (χ2v) is 8.02. The second-order valence-electron chi connectivity index (χ2n) is 7.61. The molecule has 0 spiro atoms. The number of H-pyrrole nitrogens is 1. The molecule has 0 saturated carbocycles. The predicted octanol–water partition coefficient (Wildman–Crippen LogP) is 2.92. The number of aromatic nitrogens is 2. The number of nitrogens with one attached hydrogen (secondary N) is 1. The predicted molar refractivity (Wildman–Crippen MR) is 104 cm³/mol. The SMILES string of the molecule is CC(O)N1CCc2c(C(=O)N3CCC(c4cc(F)ccc4Cl)CC3)n[nH]c2C1. The monoisotopic (exact) mass is 406 g/mol. The summed E-state index contributed by atoms with van der Waals surface area (Å²) in [6.45, 7) is 4.19. The van der Waals surface area contributed by atoms with Gasteiger partial charge in [0, 0.05) is 36.8 Å². The van der Waals surface area contributed by atoms with E-state index in [4.69, 9.17) is 11.6 Å². The lowest BCUT2D eigenvalue weighted by Gasteiger charge is -2.33. The molecule has 6 nitrogen and oxygen atoms in total. The summed E-state index contributed by atoms with van der Waals surface area (Å²) in [6.07, 6.45) is 1.66. The topological polar surface area (TPSA) is 72.5 Å². The van der Waals surface area contributed by atoms with Crippen molar-refractivity contribution in [2.75, 3.05) is 19.6 Å². The number of piperidine rings is 1. The zero-order valence-corrected chi connectivity index (χ0v) is 16.5. The molecule has 2 aromatic rings. The first-order chi connectivity index (χ1) is 13.4. The molecule has 3 heterocycles. The van der Waals surface area contributed by atoms with Gasteiger partial charge < -0.3 is 10.0 Å². The minimum absolute atomic E-state index is 0.0632. The molecule has 2 aliphatic rings. The maximum Gasteiger partial charge on any atom is 0.274 e. The van der Waals surface area contributed by atoms with Crippen LogP contribution in [0.2, 0.25) is 5.02 Å². The molecule has 2 N–H and O–H groups in total. The van der Waals surface area contributed by atoms with E-state index in [9.17, 15) is 14.3 Å². The molecule has 1 atom stereocenters. The Morgan fingerprint density at radius 3 is 2.82 bits per heavy atom. The van der Waals surface area contributed by atoms with Crippen molar-refractivity contribution in [2.24, 2.45) is 0 Å². The molecule has 150 valence electrons. The highest BCUT2D eigenvalue weighted by molar-refractivity contribution is 6.31. The molecule has 0 bridgehead atoms. The van der Waals surface area contributed by atoms with Gasteiger partial charge in [-0.2, -0.15) is 5.10 Å². The van der Waals surface area contributed by atoms with Crippen molar-refractivity contribution in [3.8, 4) is 0 Å². The van der Waals surface area contributed by atoms with E-state index >= 15 is 0 Å². The lowest BCUT2D eigenvalue weighted by atomic mass is 9.89. The van der Waals surface area contributed by atoms with Gasteiger partial charge in [-0.3, -0.25) is 14.8 Å². The summed E-state index contributed by atoms with van der Waals surface area (Å²) in [5.74, 6) is -0.195. The van der Waals surface area contributed by atoms with Gasteiger partial charge >= 0.3 is 0 Å². The van der Waals surface area contributed by atoms with E-state index in [2.05, 4.69) is 10.2 Å². The summed E-state index contributed by atoms with van der Waals surface area (Å²) in [5.41, 5.74) is 3.17. The highest BCUT2D eigenvalue weighted by Gasteiger charge is 2.31. The fraction of sp³-hybridized carbons (Fsp3) is 0.500. The number of likely N-dealkylation sites (tertiary alicyclic amines) is 1. The van der Waals surface area contributed by atoms with E-state index in [0.717, 1.165) is 29.7 Å². The summed E-state index contributed by atoms with van der Waals surface area (Å²) >= 11 is 6.24. The Labute approximate surface area is 168 Å². The molecule has 4 rings (SSSR count). The molecule has 1 aromatic carbocycles. The normalized spacial score (nSPS) is 19.5. The standard InChI is InChI=1S/C20H24ClFN4O2/c1-12(27)26-9-6-15-18(11-26)23-24-19(15)20(28)25-7-4-13(5-8-25)16-10-14(22)2-3-17(16)21/h2-3,10,12-13,27H,4-9,11H2,1H3,(H,23,24). The van der Waals surface area contributed by atoms with Crippen LogP contribution in [0.3, 0.4) is 0 Å². The summed E-state index contributed by atoms with van der Waals surface area (Å²) in [6, 6.07) is 4.46. The number of nitrogens with zero attached hydrogens (tertiary/aromatic N) is 3. The Morgan fingerprint density at radius 2 is 2.11 bits per heavy atom. The van der Waals surface area contributed by atoms with Crippen molar-refractivity contribution in [3.05, 3.63) is 51.6 Å². The Bertz CT molecular complexity index is 877. The number of aromatic amines is 1. The zero-order valence-electron chi connectivity index (χ0n) is 15.8. The molecule has 1 fully saturated rings. The van der Waals surface area contributed by atoms with Crippen molar-refractivity contribution in [3.63, 3.8) is 0 Å². The highest BCUT2D eigenvalue weighted by atomic mass is 35.5. The van der Waals surface area contributed by atoms with Gasteiger partial charge in [-0.15, -0.1) is 0 Å². The molecule has 28 heavy (non-hydrogen) atoms. The summed E-state index contributed by atoms with van der Waals surface area (Å²) in [7, 11) is 0. The van der Waals surface area contributed by atoms with Gasteiger partial charge in [-0.25, -0.2) is 4.39 Å². The minimum atomic E-state index is -0.524. The average molecular weight is 407 g/mol. The number of fused-ring (bicyclic) bond motifs is 1. The smallest absolute Gasteiger partial charge is 0.274 e. The number of aliphatic hydroxyl groups excluding tert-OH is 1. The van der Waals surface area contributed by atoms with Gasteiger partial charge in [0.2, 0.25) is 0 Å². The van der Waals surface area contributed by atoms with Crippen molar-refractivity contribution < 1.29 is 14.3 Å². The van der Waals surface area contributed by atoms with Crippen molar-refractivity contribution in [1.29, 1.82) is 0 Å². The fourth-order valence-corrected chi connectivity index (χ4v) is 4.48. The molecule has 0 radical (unpaired) electrons. The number of aliphatic hydroxyl groups is 1. The lowest BCUT2D eigenvalue weighted by molar-refractivity contribution is 0.00831. The first kappa shape index (κ1) is 19.4. The summed E-state index contributed by atoms with van der Waals surface area (Å²) in [4.78, 5) is 16.8. The molecule has 1 aromatic heterocycles. The third-order valence-electron chi connectivity index (χ3n) is 5.87. The molecule has 1 amide bonds. The first-order valence-electron chi connectivity index (χ1n) is 9.66. The van der Waals surface area contributed by atoms with Crippen molar-refractivity contribution >= 4 is 17.5 Å². The number of hydrogen-bond acceptors (Lipinski definition) is 4. The third kappa shape index (κ3) is 3.66. The van der Waals surface area contributed by atoms with Crippen LogP contribution in [0.15, 0.2) is 18.2 Å². The number of halogens is 2. The lowest BCUT2D eigenvalue weighted by Crippen LogP contribution is -2.40. The molecular formula is C20H24ClFN4O2. The van der Waals surface area contributed by atoms with E-state index in [-0.39, 0.29) is 17.6 Å². The van der Waals surface area contributed by atoms with E-state index in [1.165, 1.54) is 12.1 Å². The maximum atomic E-state index is 13.6. The largest absolute Gasteiger partial charge is 0.379 e. The van der Waals surface area contributed by atoms with Gasteiger partial charge in [-0.1, -0.05) is 11.6 Å². The van der Waals surface area contributed by atoms with Gasteiger partial charge in [0.15, 0.2) is 5.69 Å². The van der Waals surface area contributed by atoms with Crippen LogP contribution in [0.1, 0.15) is 53.0 Å². The fourth-order valence-electron chi connectivity index (χ4n) is 4.21. The molecule has 2 aliphatic heterocycles. The Kier molecular flexibility index (Phi) is 5.40. The average Bonchev–Trinajstić information content (AvgIpc) is 3.12. The van der Waals surface area contributed by atoms with Crippen LogP contribution >= 0.6 is 11.6 Å². The number of hydrogen-bond donors (Lipinski definition) is 2. The number of carbonyl (C=O) groups excluding carboxylic acids is 1. The number of amides is 1. The third-order valence-corrected chi connectivity index (χ3v) is 6.22. The summed E-state index contributed by atoms with van der Waals surface area (Å²) < 4.78 is 13.6. The van der Waals surface area contributed by atoms with Gasteiger partial charge in [0.05, 0.1) is 5.69 Å². The van der Waals surface area contributed by atoms with Crippen molar-refractivity contribution in [2.45, 2.75) is 44.9 Å². The summed E-state index contributed by atoms with van der Waals surface area (Å²) in [5, 5.41) is 17.6. The molecule has 8 heteroatoms. The maximum absolute atomic E-state index is 13.6. The highest BCUT2D eigenvalue weighted by Crippen LogP contribution is 2.34. The van der Waals surface area contributed by atoms with Gasteiger partial charge in [0.25, 0.3) is 5.91 Å². The van der Waals surface area contributed by atoms with Crippen LogP contribution in [0, 0.1) is 5.82 Å². The number of rotatable bonds is 3. The van der Waals surface area contributed by atoms with E-state index in [1.54, 1.807) is 13.0 Å². The Hall–Kier alpha value is -1.96. The Morgan fingerprint density at radius 1 is 1.36 bits per heavy atom. The molecule has 1 unspecified atom stereocenters. The van der Waals surface area contributed by atoms with Crippen LogP contribution in [0.25, 0.3) is 0 Å². The van der Waals surface area contributed by atoms with E-state index < -0.39 is 6.23 Å². The quantitative estimate of drug-likeness (QED) is 0.822. The van der Waals surface area contributed by atoms with Crippen LogP contribution in [0.4, 0.5) is 4.39 Å². The van der Waals surface area contributed by atoms with Crippen molar-refractivity contribution in [1.82, 2.24) is 20.0 Å². The zero-order chi connectivity index (χ0) is 19.8. The van der Waals surface area contributed by atoms with Gasteiger partial charge in [0.1, 0.15) is 12.0 Å². The van der Waals surface area contributed by atoms with Crippen LogP contribution < -0.4 is 0 Å². The molecular weight excluding hydrogens is 383 g/mol. The number of carbonyl (C=O) groups is 1. The minimum Gasteiger partial charge on any atom is -0.379 e.